The Labute approximate surface area is 131 Å². The molecule has 1 fully saturated rings. The third-order valence-corrected chi connectivity index (χ3v) is 5.96. The fraction of sp³-hybridized carbons (Fsp3) is 1.00. The van der Waals surface area contributed by atoms with E-state index in [1.807, 2.05) is 6.92 Å². The standard InChI is InChI=1S/C15H33N3O2S/c1-5-9-16-11-15-8-7-10-18(13-15)21(19,20)17(6-2)12-14(3)4/h14-16H,5-13H2,1-4H3. The van der Waals surface area contributed by atoms with Gasteiger partial charge in [0.1, 0.15) is 0 Å². The van der Waals surface area contributed by atoms with Crippen LogP contribution in [-0.4, -0.2) is 56.3 Å². The van der Waals surface area contributed by atoms with Crippen LogP contribution in [0.1, 0.15) is 47.0 Å². The van der Waals surface area contributed by atoms with Gasteiger partial charge in [-0.05, 0) is 44.2 Å². The summed E-state index contributed by atoms with van der Waals surface area (Å²) in [5, 5.41) is 3.42. The maximum Gasteiger partial charge on any atom is 0.281 e. The second kappa shape index (κ2) is 9.08. The summed E-state index contributed by atoms with van der Waals surface area (Å²) >= 11 is 0. The molecule has 1 aliphatic rings. The second-order valence-corrected chi connectivity index (χ2v) is 8.35. The van der Waals surface area contributed by atoms with Crippen molar-refractivity contribution in [1.29, 1.82) is 0 Å². The van der Waals surface area contributed by atoms with Crippen LogP contribution >= 0.6 is 0 Å². The largest absolute Gasteiger partial charge is 0.316 e. The van der Waals surface area contributed by atoms with Gasteiger partial charge in [0.15, 0.2) is 0 Å². The van der Waals surface area contributed by atoms with Gasteiger partial charge in [-0.2, -0.15) is 17.0 Å². The molecule has 0 aromatic carbocycles. The van der Waals surface area contributed by atoms with Gasteiger partial charge in [0.2, 0.25) is 0 Å². The summed E-state index contributed by atoms with van der Waals surface area (Å²) in [5.41, 5.74) is 0. The minimum Gasteiger partial charge on any atom is -0.316 e. The molecule has 126 valence electrons. The monoisotopic (exact) mass is 319 g/mol. The van der Waals surface area contributed by atoms with Crippen molar-refractivity contribution < 1.29 is 8.42 Å². The van der Waals surface area contributed by atoms with E-state index in [2.05, 4.69) is 26.1 Å². The van der Waals surface area contributed by atoms with E-state index in [9.17, 15) is 8.42 Å². The van der Waals surface area contributed by atoms with Crippen molar-refractivity contribution in [2.45, 2.75) is 47.0 Å². The number of nitrogens with one attached hydrogen (secondary N) is 1. The Bertz CT molecular complexity index is 384. The molecule has 1 N–H and O–H groups in total. The molecule has 1 atom stereocenters. The van der Waals surface area contributed by atoms with Crippen LogP contribution in [0.15, 0.2) is 0 Å². The number of piperidine rings is 1. The van der Waals surface area contributed by atoms with Crippen LogP contribution < -0.4 is 5.32 Å². The molecule has 0 bridgehead atoms. The Morgan fingerprint density at radius 2 is 2.05 bits per heavy atom. The van der Waals surface area contributed by atoms with E-state index in [1.165, 1.54) is 0 Å². The quantitative estimate of drug-likeness (QED) is 0.661. The van der Waals surface area contributed by atoms with Gasteiger partial charge in [-0.1, -0.05) is 27.7 Å². The average molecular weight is 320 g/mol. The number of nitrogens with zero attached hydrogens (tertiary/aromatic N) is 2. The van der Waals surface area contributed by atoms with Crippen LogP contribution in [0, 0.1) is 11.8 Å². The molecule has 21 heavy (non-hydrogen) atoms. The molecular formula is C15H33N3O2S. The fourth-order valence-electron chi connectivity index (χ4n) is 2.84. The molecule has 0 radical (unpaired) electrons. The minimum absolute atomic E-state index is 0.353. The zero-order valence-electron chi connectivity index (χ0n) is 14.1. The topological polar surface area (TPSA) is 52.7 Å². The van der Waals surface area contributed by atoms with E-state index in [0.717, 1.165) is 32.4 Å². The summed E-state index contributed by atoms with van der Waals surface area (Å²) in [6, 6.07) is 0. The van der Waals surface area contributed by atoms with Crippen molar-refractivity contribution >= 4 is 10.2 Å². The van der Waals surface area contributed by atoms with Gasteiger partial charge in [0.25, 0.3) is 10.2 Å². The summed E-state index contributed by atoms with van der Waals surface area (Å²) in [5.74, 6) is 0.796. The van der Waals surface area contributed by atoms with E-state index in [1.54, 1.807) is 8.61 Å². The molecule has 1 saturated heterocycles. The van der Waals surface area contributed by atoms with E-state index < -0.39 is 10.2 Å². The Morgan fingerprint density at radius 1 is 1.33 bits per heavy atom. The SMILES string of the molecule is CCCNCC1CCCN(S(=O)(=O)N(CC)CC(C)C)C1. The summed E-state index contributed by atoms with van der Waals surface area (Å²) in [6.07, 6.45) is 3.21. The molecule has 1 heterocycles. The van der Waals surface area contributed by atoms with Gasteiger partial charge in [0.05, 0.1) is 0 Å². The van der Waals surface area contributed by atoms with Crippen molar-refractivity contribution in [3.8, 4) is 0 Å². The van der Waals surface area contributed by atoms with Crippen molar-refractivity contribution in [3.63, 3.8) is 0 Å². The first-order chi connectivity index (χ1) is 9.91. The van der Waals surface area contributed by atoms with Crippen LogP contribution in [0.4, 0.5) is 0 Å². The van der Waals surface area contributed by atoms with E-state index >= 15 is 0 Å². The summed E-state index contributed by atoms with van der Waals surface area (Å²) in [7, 11) is -3.29. The van der Waals surface area contributed by atoms with Crippen LogP contribution in [0.25, 0.3) is 0 Å². The molecule has 1 unspecified atom stereocenters. The molecule has 0 spiro atoms. The van der Waals surface area contributed by atoms with Gasteiger partial charge in [-0.3, -0.25) is 0 Å². The number of hydrogen-bond acceptors (Lipinski definition) is 3. The van der Waals surface area contributed by atoms with Gasteiger partial charge >= 0.3 is 0 Å². The number of rotatable bonds is 9. The van der Waals surface area contributed by atoms with Gasteiger partial charge in [0, 0.05) is 26.2 Å². The first kappa shape index (κ1) is 18.9. The lowest BCUT2D eigenvalue weighted by atomic mass is 10.00. The predicted molar refractivity (Wildman–Crippen MR) is 88.5 cm³/mol. The Morgan fingerprint density at radius 3 is 2.62 bits per heavy atom. The molecule has 6 heteroatoms. The third-order valence-electron chi connectivity index (χ3n) is 3.92. The molecule has 0 saturated carbocycles. The van der Waals surface area contributed by atoms with Crippen molar-refractivity contribution in [2.24, 2.45) is 11.8 Å². The zero-order valence-corrected chi connectivity index (χ0v) is 15.0. The lowest BCUT2D eigenvalue weighted by molar-refractivity contribution is 0.239. The normalized spacial score (nSPS) is 21.3. The molecule has 0 aromatic rings. The van der Waals surface area contributed by atoms with E-state index in [4.69, 9.17) is 0 Å². The summed E-state index contributed by atoms with van der Waals surface area (Å²) < 4.78 is 28.8. The van der Waals surface area contributed by atoms with Crippen LogP contribution in [-0.2, 0) is 10.2 Å². The highest BCUT2D eigenvalue weighted by molar-refractivity contribution is 7.86. The Kier molecular flexibility index (Phi) is 8.16. The van der Waals surface area contributed by atoms with Crippen LogP contribution in [0.3, 0.4) is 0 Å². The van der Waals surface area contributed by atoms with Gasteiger partial charge in [-0.15, -0.1) is 0 Å². The first-order valence-corrected chi connectivity index (χ1v) is 9.77. The van der Waals surface area contributed by atoms with E-state index in [0.29, 0.717) is 38.0 Å². The first-order valence-electron chi connectivity index (χ1n) is 8.37. The van der Waals surface area contributed by atoms with Crippen LogP contribution in [0.5, 0.6) is 0 Å². The molecule has 1 aliphatic heterocycles. The number of hydrogen-bond donors (Lipinski definition) is 1. The molecular weight excluding hydrogens is 286 g/mol. The van der Waals surface area contributed by atoms with Crippen molar-refractivity contribution in [2.75, 3.05) is 39.3 Å². The fourth-order valence-corrected chi connectivity index (χ4v) is 4.74. The Balaban J connectivity index is 2.64. The lowest BCUT2D eigenvalue weighted by Gasteiger charge is -2.35. The summed E-state index contributed by atoms with van der Waals surface area (Å²) in [4.78, 5) is 0. The highest BCUT2D eigenvalue weighted by Gasteiger charge is 2.32. The highest BCUT2D eigenvalue weighted by Crippen LogP contribution is 2.21. The zero-order chi connectivity index (χ0) is 15.9. The maximum atomic E-state index is 12.8. The predicted octanol–water partition coefficient (Wildman–Crippen LogP) is 1.92. The van der Waals surface area contributed by atoms with Gasteiger partial charge < -0.3 is 5.32 Å². The summed E-state index contributed by atoms with van der Waals surface area (Å²) in [6.45, 7) is 12.6. The highest BCUT2D eigenvalue weighted by atomic mass is 32.2. The third kappa shape index (κ3) is 5.85. The van der Waals surface area contributed by atoms with Crippen molar-refractivity contribution in [3.05, 3.63) is 0 Å². The molecule has 1 rings (SSSR count). The smallest absolute Gasteiger partial charge is 0.281 e. The molecule has 5 nitrogen and oxygen atoms in total. The molecule has 0 amide bonds. The second-order valence-electron chi connectivity index (χ2n) is 6.42. The Hall–Kier alpha value is -0.170. The molecule has 0 aromatic heterocycles. The van der Waals surface area contributed by atoms with Gasteiger partial charge in [-0.25, -0.2) is 0 Å². The lowest BCUT2D eigenvalue weighted by Crippen LogP contribution is -2.50. The average Bonchev–Trinajstić information content (AvgIpc) is 2.45. The van der Waals surface area contributed by atoms with Crippen molar-refractivity contribution in [1.82, 2.24) is 13.9 Å². The molecule has 0 aliphatic carbocycles. The van der Waals surface area contributed by atoms with Crippen LogP contribution in [0.2, 0.25) is 0 Å². The van der Waals surface area contributed by atoms with E-state index in [-0.39, 0.29) is 0 Å². The minimum atomic E-state index is -3.29. The maximum absolute atomic E-state index is 12.8.